The summed E-state index contributed by atoms with van der Waals surface area (Å²) in [5, 5.41) is 8.21. The van der Waals surface area contributed by atoms with E-state index in [1.165, 1.54) is 11.8 Å². The highest BCUT2D eigenvalue weighted by molar-refractivity contribution is 6.38. The average Bonchev–Trinajstić information content (AvgIpc) is 3.50. The molecule has 2 aliphatic heterocycles. The number of hydrogen-bond acceptors (Lipinski definition) is 16. The summed E-state index contributed by atoms with van der Waals surface area (Å²) in [5.41, 5.74) is 2.33. The second-order valence-corrected chi connectivity index (χ2v) is 21.5. The third kappa shape index (κ3) is 18.7. The number of Topliss-reactive ketones (excluding diaryl/α,β-unsaturated/α-hetero) is 3. The van der Waals surface area contributed by atoms with E-state index in [0.29, 0.717) is 139 Å². The summed E-state index contributed by atoms with van der Waals surface area (Å²) in [6.07, 6.45) is 5.40. The second-order valence-electron chi connectivity index (χ2n) is 21.5. The Bertz CT molecular complexity index is 3020. The van der Waals surface area contributed by atoms with Crippen LogP contribution in [0.4, 0.5) is 11.4 Å². The molecule has 0 spiro atoms. The van der Waals surface area contributed by atoms with E-state index >= 15 is 0 Å². The summed E-state index contributed by atoms with van der Waals surface area (Å²) in [5.74, 6) is -2.69. The zero-order valence-electron chi connectivity index (χ0n) is 49.5. The molecule has 3 N–H and O–H groups in total. The van der Waals surface area contributed by atoms with Gasteiger partial charge in [0.15, 0.2) is 5.78 Å². The van der Waals surface area contributed by atoms with Crippen molar-refractivity contribution in [2.45, 2.75) is 156 Å². The van der Waals surface area contributed by atoms with Gasteiger partial charge in [-0.25, -0.2) is 9.78 Å². The second kappa shape index (κ2) is 31.9. The lowest BCUT2D eigenvalue weighted by atomic mass is 9.84. The van der Waals surface area contributed by atoms with Crippen LogP contribution in [0.1, 0.15) is 153 Å². The molecule has 1 aromatic heterocycles. The molecule has 4 amide bonds. The van der Waals surface area contributed by atoms with Crippen LogP contribution in [0, 0.1) is 19.3 Å². The predicted octanol–water partition coefficient (Wildman–Crippen LogP) is 7.96. The number of amides is 4. The van der Waals surface area contributed by atoms with Gasteiger partial charge in [-0.05, 0) is 131 Å². The Labute approximate surface area is 481 Å². The molecule has 6 rings (SSSR count). The highest BCUT2D eigenvalue weighted by Crippen LogP contribution is 2.32. The topological polar surface area (TPSA) is 257 Å². The highest BCUT2D eigenvalue weighted by Gasteiger charge is 2.41. The number of imide groups is 1. The number of anilines is 2. The lowest BCUT2D eigenvalue weighted by Crippen LogP contribution is -2.53. The fraction of sp³-hybridized carbons (Fsp3) is 0.548. The minimum atomic E-state index is -2.04. The van der Waals surface area contributed by atoms with Crippen LogP contribution >= 0.6 is 0 Å². The molecule has 2 fully saturated rings. The zero-order chi connectivity index (χ0) is 60.1. The number of piperidine rings is 2. The van der Waals surface area contributed by atoms with Crippen LogP contribution in [0.2, 0.25) is 0 Å². The molecule has 0 aliphatic carbocycles. The molecule has 2 saturated heterocycles. The van der Waals surface area contributed by atoms with Crippen LogP contribution in [0.5, 0.6) is 5.75 Å². The van der Waals surface area contributed by atoms with E-state index in [2.05, 4.69) is 20.9 Å². The van der Waals surface area contributed by atoms with E-state index in [-0.39, 0.29) is 67.5 Å². The number of benzene rings is 3. The quantitative estimate of drug-likeness (QED) is 0.0173. The van der Waals surface area contributed by atoms with Gasteiger partial charge in [0, 0.05) is 68.7 Å². The monoisotopic (exact) mass is 1140 g/mol. The summed E-state index contributed by atoms with van der Waals surface area (Å²) in [6, 6.07) is 15.0. The molecule has 444 valence electrons. The first kappa shape index (κ1) is 62.4. The van der Waals surface area contributed by atoms with Crippen molar-refractivity contribution in [1.82, 2.24) is 19.8 Å². The number of aryl methyl sites for hydroxylation is 3. The molecule has 3 unspecified atom stereocenters. The Hall–Kier alpha value is -7.16. The maximum absolute atomic E-state index is 14.0. The van der Waals surface area contributed by atoms with E-state index in [4.69, 9.17) is 25.1 Å². The van der Waals surface area contributed by atoms with Crippen molar-refractivity contribution in [2.75, 3.05) is 70.5 Å². The van der Waals surface area contributed by atoms with E-state index < -0.39 is 58.6 Å². The summed E-state index contributed by atoms with van der Waals surface area (Å²) >= 11 is 0. The van der Waals surface area contributed by atoms with Gasteiger partial charge in [0.05, 0.1) is 52.4 Å². The number of unbranched alkanes of at least 4 members (excludes halogenated alkanes) is 2. The van der Waals surface area contributed by atoms with Crippen molar-refractivity contribution in [3.05, 3.63) is 93.5 Å². The molecule has 4 aromatic rings. The Morgan fingerprint density at radius 3 is 2.20 bits per heavy atom. The third-order valence-electron chi connectivity index (χ3n) is 15.0. The summed E-state index contributed by atoms with van der Waals surface area (Å²) in [6.45, 7) is 11.5. The lowest BCUT2D eigenvalue weighted by molar-refractivity contribution is -0.164. The van der Waals surface area contributed by atoms with Gasteiger partial charge in [0.1, 0.15) is 35.5 Å². The molecule has 3 atom stereocenters. The number of aromatic nitrogens is 2. The number of ketones is 3. The number of likely N-dealkylation sites (tertiary alicyclic amines) is 1. The van der Waals surface area contributed by atoms with E-state index in [9.17, 15) is 43.2 Å². The molecule has 3 heterocycles. The van der Waals surface area contributed by atoms with Crippen molar-refractivity contribution in [3.8, 4) is 5.75 Å². The molecular weight excluding hydrogens is 1050 g/mol. The number of carbonyl (C=O) groups excluding carboxylic acids is 8. The number of carbonyl (C=O) groups is 8. The molecule has 0 radical (unpaired) electrons. The maximum atomic E-state index is 14.0. The molecule has 3 aromatic carbocycles. The van der Waals surface area contributed by atoms with Crippen LogP contribution in [0.15, 0.2) is 65.5 Å². The smallest absolute Gasteiger partial charge is 0.329 e. The SMILES string of the molecule is [2H]C1(n2c(C)nc3cccc(NCC(=O)CCCCOCCOCCOCCCCC(=O)CCC(=O)Nc4cccc(C(CCc5ccc(OC)c(C)c5)OC(=O)C5CCCCN5C(=O)C(=O)C(C)(C)CC)c4)c3c2=O)CCC(=O)NC1=O. The van der Waals surface area contributed by atoms with Gasteiger partial charge in [-0.3, -0.25) is 48.2 Å². The maximum Gasteiger partial charge on any atom is 0.329 e. The number of esters is 1. The van der Waals surface area contributed by atoms with Crippen LogP contribution in [-0.2, 0) is 63.7 Å². The number of fused-ring (bicyclic) bond motifs is 1. The minimum absolute atomic E-state index is 0.00198. The predicted molar refractivity (Wildman–Crippen MR) is 308 cm³/mol. The Kier molecular flexibility index (Phi) is 24.3. The first-order valence-corrected chi connectivity index (χ1v) is 28.7. The fourth-order valence-corrected chi connectivity index (χ4v) is 9.83. The number of ether oxygens (including phenoxy) is 5. The van der Waals surface area contributed by atoms with Crippen LogP contribution in [-0.4, -0.2) is 127 Å². The minimum Gasteiger partial charge on any atom is -0.496 e. The van der Waals surface area contributed by atoms with Gasteiger partial charge < -0.3 is 39.2 Å². The van der Waals surface area contributed by atoms with Crippen LogP contribution < -0.4 is 26.2 Å². The molecule has 20 heteroatoms. The van der Waals surface area contributed by atoms with Gasteiger partial charge >= 0.3 is 5.97 Å². The fourth-order valence-electron chi connectivity index (χ4n) is 9.83. The standard InChI is InChI=1S/C62H82N6O14/c1-7-62(4,5)57(73)60(76)67-31-11-8-22-51(67)61(77)82-53(28-24-43-23-27-52(78-6)41(2)38-43)44-16-14-17-45(39-44)65-54(71)29-25-46(69)18-9-12-32-79-34-36-81-37-35-80-33-13-10-19-47(70)40-63-48-20-15-21-49-56(48)59(75)68(42(3)64-49)50-26-30-55(72)66-58(50)74/h14-17,20-21,23,27,38-39,50-51,53,63H,7-13,18-19,22,24-26,28-37,40H2,1-6H3,(H,65,71)(H,66,72,74)/i50D. The van der Waals surface area contributed by atoms with Crippen molar-refractivity contribution >= 4 is 69.2 Å². The van der Waals surface area contributed by atoms with Crippen molar-refractivity contribution in [3.63, 3.8) is 0 Å². The van der Waals surface area contributed by atoms with Gasteiger partial charge in [0.25, 0.3) is 11.5 Å². The number of methoxy groups -OCH3 is 1. The largest absolute Gasteiger partial charge is 0.496 e. The average molecular weight is 1140 g/mol. The molecule has 2 aliphatic rings. The molecule has 82 heavy (non-hydrogen) atoms. The number of rotatable bonds is 34. The van der Waals surface area contributed by atoms with E-state index in [1.807, 2.05) is 38.1 Å². The summed E-state index contributed by atoms with van der Waals surface area (Å²) in [7, 11) is 1.61. The first-order chi connectivity index (χ1) is 39.8. The third-order valence-corrected chi connectivity index (χ3v) is 15.0. The summed E-state index contributed by atoms with van der Waals surface area (Å²) in [4.78, 5) is 123. The van der Waals surface area contributed by atoms with Crippen molar-refractivity contribution in [1.29, 1.82) is 0 Å². The van der Waals surface area contributed by atoms with Gasteiger partial charge in [-0.2, -0.15) is 0 Å². The zero-order valence-corrected chi connectivity index (χ0v) is 48.5. The number of nitrogens with one attached hydrogen (secondary N) is 3. The van der Waals surface area contributed by atoms with Crippen LogP contribution in [0.3, 0.4) is 0 Å². The van der Waals surface area contributed by atoms with Gasteiger partial charge in [0.2, 0.25) is 23.5 Å². The Balaban J connectivity index is 0.829. The van der Waals surface area contributed by atoms with Crippen molar-refractivity contribution in [2.24, 2.45) is 5.41 Å². The van der Waals surface area contributed by atoms with Crippen LogP contribution in [0.25, 0.3) is 10.9 Å². The highest BCUT2D eigenvalue weighted by atomic mass is 16.5. The number of hydrogen-bond donors (Lipinski definition) is 3. The molecule has 20 nitrogen and oxygen atoms in total. The summed E-state index contributed by atoms with van der Waals surface area (Å²) < 4.78 is 38.4. The lowest BCUT2D eigenvalue weighted by Gasteiger charge is -2.36. The Morgan fingerprint density at radius 2 is 1.51 bits per heavy atom. The number of nitrogens with zero attached hydrogens (tertiary/aromatic N) is 3. The molecular formula is C62H82N6O14. The molecule has 0 saturated carbocycles. The van der Waals surface area contributed by atoms with E-state index in [0.717, 1.165) is 21.4 Å². The Morgan fingerprint density at radius 1 is 0.817 bits per heavy atom. The first-order valence-electron chi connectivity index (χ1n) is 29.2. The van der Waals surface area contributed by atoms with Gasteiger partial charge in [-0.1, -0.05) is 51.1 Å². The normalized spacial score (nSPS) is 16.9. The van der Waals surface area contributed by atoms with E-state index in [1.54, 1.807) is 57.4 Å². The van der Waals surface area contributed by atoms with Crippen molar-refractivity contribution < 1.29 is 63.4 Å². The van der Waals surface area contributed by atoms with Gasteiger partial charge in [-0.15, -0.1) is 0 Å². The molecule has 0 bridgehead atoms.